The Bertz CT molecular complexity index is 1040. The largest absolute Gasteiger partial charge is 0.497 e. The van der Waals surface area contributed by atoms with Gasteiger partial charge in [0.25, 0.3) is 0 Å². The summed E-state index contributed by atoms with van der Waals surface area (Å²) in [7, 11) is 0.320. The number of carbonyl (C=O) groups is 2. The van der Waals surface area contributed by atoms with Crippen LogP contribution in [0.3, 0.4) is 0 Å². The Kier molecular flexibility index (Phi) is 12.3. The maximum absolute atomic E-state index is 12.6. The van der Waals surface area contributed by atoms with Gasteiger partial charge in [-0.15, -0.1) is 0 Å². The first kappa shape index (κ1) is 29.7. The first-order valence-electron chi connectivity index (χ1n) is 11.9. The van der Waals surface area contributed by atoms with Crippen LogP contribution in [0.4, 0.5) is 0 Å². The zero-order valence-electron chi connectivity index (χ0n) is 21.3. The first-order chi connectivity index (χ1) is 17.2. The van der Waals surface area contributed by atoms with Crippen molar-refractivity contribution in [3.8, 4) is 5.75 Å². The fourth-order valence-corrected chi connectivity index (χ4v) is 4.27. The molecule has 2 atom stereocenters. The molecular weight excluding hydrogens is 487 g/mol. The van der Waals surface area contributed by atoms with Gasteiger partial charge in [-0.1, -0.05) is 30.7 Å². The monoisotopic (exact) mass is 524 g/mol. The maximum Gasteiger partial charge on any atom is 0.474 e. The molecule has 0 saturated heterocycles. The summed E-state index contributed by atoms with van der Waals surface area (Å²) in [5, 5.41) is 17.1. The number of phosphoric acid groups is 1. The van der Waals surface area contributed by atoms with E-state index in [1.54, 1.807) is 7.11 Å². The number of amides is 2. The molecule has 2 amide bonds. The quantitative estimate of drug-likeness (QED) is 0.224. The van der Waals surface area contributed by atoms with Crippen LogP contribution in [0, 0.1) is 0 Å². The molecule has 0 aliphatic carbocycles. The first-order valence-corrected chi connectivity index (χ1v) is 13.3. The highest BCUT2D eigenvalue weighted by Gasteiger charge is 2.25. The lowest BCUT2D eigenvalue weighted by molar-refractivity contribution is -0.123. The van der Waals surface area contributed by atoms with Gasteiger partial charge in [-0.3, -0.25) is 23.2 Å². The van der Waals surface area contributed by atoms with Crippen LogP contribution in [0.2, 0.25) is 0 Å². The molecule has 0 aliphatic heterocycles. The molecule has 10 nitrogen and oxygen atoms in total. The Morgan fingerprint density at radius 1 is 1.00 bits per heavy atom. The van der Waals surface area contributed by atoms with Crippen molar-refractivity contribution in [1.29, 1.82) is 0 Å². The van der Waals surface area contributed by atoms with E-state index in [1.165, 1.54) is 14.2 Å². The summed E-state index contributed by atoms with van der Waals surface area (Å²) in [4.78, 5) is 24.7. The molecular formula is C25H37N2O8P. The number of ether oxygens (including phenoxy) is 1. The number of phosphoric ester groups is 1. The Morgan fingerprint density at radius 2 is 1.69 bits per heavy atom. The third-order valence-electron chi connectivity index (χ3n) is 5.81. The summed E-state index contributed by atoms with van der Waals surface area (Å²) in [6.07, 6.45) is 2.37. The molecule has 0 aromatic heterocycles. The van der Waals surface area contributed by atoms with E-state index in [2.05, 4.69) is 19.7 Å². The fraction of sp³-hybridized carbons (Fsp3) is 0.520. The molecule has 36 heavy (non-hydrogen) atoms. The van der Waals surface area contributed by atoms with E-state index in [9.17, 15) is 19.3 Å². The summed E-state index contributed by atoms with van der Waals surface area (Å²) in [6.45, 7) is 1.81. The van der Waals surface area contributed by atoms with Crippen LogP contribution in [0.1, 0.15) is 44.1 Å². The number of carbonyl (C=O) groups excluding carboxylic acids is 2. The smallest absolute Gasteiger partial charge is 0.474 e. The molecule has 11 heteroatoms. The Morgan fingerprint density at radius 3 is 2.36 bits per heavy atom. The summed E-state index contributed by atoms with van der Waals surface area (Å²) in [5.41, 5.74) is 0.941. The van der Waals surface area contributed by atoms with Gasteiger partial charge in [-0.2, -0.15) is 0 Å². The number of benzene rings is 2. The lowest BCUT2D eigenvalue weighted by Crippen LogP contribution is -2.40. The van der Waals surface area contributed by atoms with Gasteiger partial charge in [0.15, 0.2) is 0 Å². The average molecular weight is 525 g/mol. The number of rotatable bonds is 16. The molecule has 0 radical (unpaired) electrons. The lowest BCUT2D eigenvalue weighted by Gasteiger charge is -2.19. The van der Waals surface area contributed by atoms with E-state index in [1.807, 2.05) is 43.3 Å². The number of methoxy groups -OCH3 is 1. The van der Waals surface area contributed by atoms with E-state index in [0.717, 1.165) is 34.9 Å². The Balaban J connectivity index is 1.67. The van der Waals surface area contributed by atoms with Crippen molar-refractivity contribution in [3.05, 3.63) is 42.0 Å². The van der Waals surface area contributed by atoms with Gasteiger partial charge in [0.1, 0.15) is 5.75 Å². The van der Waals surface area contributed by atoms with E-state index in [4.69, 9.17) is 9.26 Å². The molecule has 0 bridgehead atoms. The predicted octanol–water partition coefficient (Wildman–Crippen LogP) is 3.52. The van der Waals surface area contributed by atoms with Gasteiger partial charge in [0.05, 0.1) is 32.3 Å². The number of aliphatic hydroxyl groups is 1. The molecule has 3 N–H and O–H groups in total. The highest BCUT2D eigenvalue weighted by Crippen LogP contribution is 2.47. The van der Waals surface area contributed by atoms with Crippen molar-refractivity contribution in [2.24, 2.45) is 0 Å². The zero-order valence-corrected chi connectivity index (χ0v) is 22.2. The van der Waals surface area contributed by atoms with Crippen molar-refractivity contribution >= 4 is 30.4 Å². The van der Waals surface area contributed by atoms with Crippen molar-refractivity contribution in [2.75, 3.05) is 41.1 Å². The fourth-order valence-electron chi connectivity index (χ4n) is 3.54. The van der Waals surface area contributed by atoms with Crippen LogP contribution >= 0.6 is 7.82 Å². The van der Waals surface area contributed by atoms with Crippen molar-refractivity contribution < 1.29 is 37.6 Å². The summed E-state index contributed by atoms with van der Waals surface area (Å²) < 4.78 is 31.5. The van der Waals surface area contributed by atoms with Gasteiger partial charge in [0.2, 0.25) is 11.8 Å². The maximum atomic E-state index is 12.6. The number of hydrogen-bond donors (Lipinski definition) is 3. The molecule has 0 heterocycles. The van der Waals surface area contributed by atoms with Crippen LogP contribution < -0.4 is 15.4 Å². The normalized spacial score (nSPS) is 13.2. The van der Waals surface area contributed by atoms with Crippen molar-refractivity contribution in [1.82, 2.24) is 10.6 Å². The molecule has 0 saturated carbocycles. The summed E-state index contributed by atoms with van der Waals surface area (Å²) in [6, 6.07) is 11.1. The average Bonchev–Trinajstić information content (AvgIpc) is 2.91. The van der Waals surface area contributed by atoms with Crippen molar-refractivity contribution in [3.63, 3.8) is 0 Å². The summed E-state index contributed by atoms with van der Waals surface area (Å²) in [5.74, 6) is 0.206. The van der Waals surface area contributed by atoms with Gasteiger partial charge >= 0.3 is 7.82 Å². The van der Waals surface area contributed by atoms with E-state index >= 15 is 0 Å². The molecule has 2 unspecified atom stereocenters. The molecule has 0 fully saturated rings. The highest BCUT2D eigenvalue weighted by molar-refractivity contribution is 7.48. The van der Waals surface area contributed by atoms with Gasteiger partial charge in [-0.05, 0) is 48.2 Å². The number of aliphatic hydroxyl groups excluding tert-OH is 1. The number of unbranched alkanes of at least 4 members (excludes halogenated alkanes) is 2. The second-order valence-electron chi connectivity index (χ2n) is 8.35. The second kappa shape index (κ2) is 14.9. The molecule has 2 aromatic rings. The Labute approximate surface area is 212 Å². The minimum absolute atomic E-state index is 0.0456. The van der Waals surface area contributed by atoms with E-state index in [-0.39, 0.29) is 37.4 Å². The zero-order chi connectivity index (χ0) is 26.6. The number of nitrogens with one attached hydrogen (secondary N) is 2. The van der Waals surface area contributed by atoms with E-state index < -0.39 is 13.9 Å². The van der Waals surface area contributed by atoms with Crippen LogP contribution in [-0.4, -0.2) is 64.1 Å². The van der Waals surface area contributed by atoms with Gasteiger partial charge in [0, 0.05) is 27.2 Å². The van der Waals surface area contributed by atoms with Crippen LogP contribution in [0.15, 0.2) is 36.4 Å². The second-order valence-corrected chi connectivity index (χ2v) is 10.2. The SMILES string of the molecule is COc1ccc2cc(C(C)C(=O)NCCCCCC(=O)NC(CO)COP(=O)(OC)OC)ccc2c1. The number of hydrogen-bond acceptors (Lipinski definition) is 8. The third-order valence-corrected chi connectivity index (χ3v) is 7.17. The predicted molar refractivity (Wildman–Crippen MR) is 137 cm³/mol. The molecule has 0 aliphatic rings. The molecule has 2 rings (SSSR count). The topological polar surface area (TPSA) is 132 Å². The molecule has 0 spiro atoms. The van der Waals surface area contributed by atoms with Crippen LogP contribution in [0.5, 0.6) is 5.75 Å². The highest BCUT2D eigenvalue weighted by atomic mass is 31.2. The van der Waals surface area contributed by atoms with Crippen molar-refractivity contribution in [2.45, 2.75) is 44.6 Å². The molecule has 200 valence electrons. The summed E-state index contributed by atoms with van der Waals surface area (Å²) >= 11 is 0. The lowest BCUT2D eigenvalue weighted by atomic mass is 9.97. The minimum Gasteiger partial charge on any atom is -0.497 e. The van der Waals surface area contributed by atoms with Gasteiger partial charge < -0.3 is 20.5 Å². The van der Waals surface area contributed by atoms with Gasteiger partial charge in [-0.25, -0.2) is 4.57 Å². The molecule has 2 aromatic carbocycles. The van der Waals surface area contributed by atoms with Crippen LogP contribution in [0.25, 0.3) is 10.8 Å². The Hall–Kier alpha value is -2.49. The standard InChI is InChI=1S/C25H37N2O8P/c1-18(19-9-10-21-15-23(32-2)12-11-20(21)14-19)25(30)26-13-7-5-6-8-24(29)27-22(16-28)17-35-36(31,33-3)34-4/h9-12,14-15,18,22,28H,5-8,13,16-17H2,1-4H3,(H,26,30)(H,27,29). The number of fused-ring (bicyclic) bond motifs is 1. The third kappa shape index (κ3) is 9.19. The minimum atomic E-state index is -3.68. The van der Waals surface area contributed by atoms with E-state index in [0.29, 0.717) is 13.0 Å². The van der Waals surface area contributed by atoms with Crippen LogP contribution in [-0.2, 0) is 27.7 Å².